The third-order valence-electron chi connectivity index (χ3n) is 6.23. The molecule has 2 heterocycles. The van der Waals surface area contributed by atoms with E-state index in [1.165, 1.54) is 38.2 Å². The first kappa shape index (κ1) is 19.8. The van der Waals surface area contributed by atoms with E-state index in [4.69, 9.17) is 9.47 Å². The Bertz CT molecular complexity index is 606. The quantitative estimate of drug-likeness (QED) is 0.644. The van der Waals surface area contributed by atoms with Crippen LogP contribution < -0.4 is 10.1 Å². The largest absolute Gasteiger partial charge is 0.493 e. The molecule has 146 valence electrons. The van der Waals surface area contributed by atoms with Crippen LogP contribution in [0.15, 0.2) is 12.1 Å². The van der Waals surface area contributed by atoms with Gasteiger partial charge in [-0.15, -0.1) is 12.4 Å². The smallest absolute Gasteiger partial charge is 0.150 e. The van der Waals surface area contributed by atoms with Gasteiger partial charge in [-0.3, -0.25) is 0 Å². The van der Waals surface area contributed by atoms with Gasteiger partial charge >= 0.3 is 0 Å². The molecule has 4 rings (SSSR count). The lowest BCUT2D eigenvalue weighted by atomic mass is 9.73. The molecule has 1 saturated heterocycles. The molecular formula is C21H31ClFNO2. The minimum Gasteiger partial charge on any atom is -0.493 e. The van der Waals surface area contributed by atoms with Gasteiger partial charge in [-0.25, -0.2) is 4.39 Å². The lowest BCUT2D eigenvalue weighted by molar-refractivity contribution is 0.0725. The summed E-state index contributed by atoms with van der Waals surface area (Å²) in [7, 11) is 0. The van der Waals surface area contributed by atoms with Crippen LogP contribution >= 0.6 is 12.4 Å². The van der Waals surface area contributed by atoms with Gasteiger partial charge in [0.1, 0.15) is 11.6 Å². The summed E-state index contributed by atoms with van der Waals surface area (Å²) < 4.78 is 26.7. The van der Waals surface area contributed by atoms with E-state index < -0.39 is 0 Å². The fraction of sp³-hybridized carbons (Fsp3) is 0.714. The fourth-order valence-electron chi connectivity index (χ4n) is 4.93. The Balaban J connectivity index is 0.00000196. The monoisotopic (exact) mass is 383 g/mol. The van der Waals surface area contributed by atoms with Crippen molar-refractivity contribution < 1.29 is 13.9 Å². The minimum absolute atomic E-state index is 0. The van der Waals surface area contributed by atoms with Gasteiger partial charge in [-0.2, -0.15) is 0 Å². The SMILES string of the molecule is CCCCOc1cc(F)c2c(c1)[C@H]1OCC[C@H]1[C@@H](C1CCCCC1)N2.Cl. The molecule has 3 atom stereocenters. The predicted octanol–water partition coefficient (Wildman–Crippen LogP) is 5.88. The van der Waals surface area contributed by atoms with Crippen molar-refractivity contribution in [1.82, 2.24) is 0 Å². The number of rotatable bonds is 5. The van der Waals surface area contributed by atoms with Gasteiger partial charge in [0.05, 0.1) is 18.4 Å². The summed E-state index contributed by atoms with van der Waals surface area (Å²) in [6.07, 6.45) is 9.63. The predicted molar refractivity (Wildman–Crippen MR) is 105 cm³/mol. The van der Waals surface area contributed by atoms with Crippen molar-refractivity contribution in [3.8, 4) is 5.75 Å². The summed E-state index contributed by atoms with van der Waals surface area (Å²) in [6.45, 7) is 3.55. The van der Waals surface area contributed by atoms with E-state index in [0.29, 0.717) is 35.9 Å². The number of benzene rings is 1. The van der Waals surface area contributed by atoms with E-state index >= 15 is 0 Å². The lowest BCUT2D eigenvalue weighted by Crippen LogP contribution is -2.42. The molecule has 0 amide bonds. The highest BCUT2D eigenvalue weighted by atomic mass is 35.5. The van der Waals surface area contributed by atoms with Crippen LogP contribution in [0.4, 0.5) is 10.1 Å². The maximum absolute atomic E-state index is 14.8. The minimum atomic E-state index is -0.196. The van der Waals surface area contributed by atoms with E-state index in [0.717, 1.165) is 31.4 Å². The van der Waals surface area contributed by atoms with Crippen LogP contribution in [-0.4, -0.2) is 19.3 Å². The van der Waals surface area contributed by atoms with Crippen LogP contribution in [0.1, 0.15) is 70.0 Å². The van der Waals surface area contributed by atoms with Crippen molar-refractivity contribution in [3.05, 3.63) is 23.5 Å². The number of nitrogens with one attached hydrogen (secondary N) is 1. The zero-order valence-electron chi connectivity index (χ0n) is 15.6. The Hall–Kier alpha value is -1.00. The molecule has 1 saturated carbocycles. The Morgan fingerprint density at radius 3 is 2.77 bits per heavy atom. The zero-order chi connectivity index (χ0) is 17.2. The maximum Gasteiger partial charge on any atom is 0.150 e. The first-order valence-electron chi connectivity index (χ1n) is 10.1. The van der Waals surface area contributed by atoms with Crippen molar-refractivity contribution in [2.75, 3.05) is 18.5 Å². The van der Waals surface area contributed by atoms with E-state index in [2.05, 4.69) is 12.2 Å². The van der Waals surface area contributed by atoms with E-state index in [9.17, 15) is 4.39 Å². The molecular weight excluding hydrogens is 353 g/mol. The summed E-state index contributed by atoms with van der Waals surface area (Å²) in [6, 6.07) is 3.89. The maximum atomic E-state index is 14.8. The van der Waals surface area contributed by atoms with Gasteiger partial charge in [-0.1, -0.05) is 32.6 Å². The van der Waals surface area contributed by atoms with E-state index in [1.807, 2.05) is 6.07 Å². The molecule has 1 aliphatic carbocycles. The highest BCUT2D eigenvalue weighted by Gasteiger charge is 2.44. The van der Waals surface area contributed by atoms with Crippen molar-refractivity contribution >= 4 is 18.1 Å². The van der Waals surface area contributed by atoms with Crippen LogP contribution in [0.5, 0.6) is 5.75 Å². The molecule has 2 fully saturated rings. The Kier molecular flexibility index (Phi) is 6.68. The van der Waals surface area contributed by atoms with Crippen molar-refractivity contribution in [3.63, 3.8) is 0 Å². The molecule has 0 radical (unpaired) electrons. The van der Waals surface area contributed by atoms with Gasteiger partial charge in [0, 0.05) is 30.2 Å². The molecule has 5 heteroatoms. The van der Waals surface area contributed by atoms with Crippen LogP contribution in [-0.2, 0) is 4.74 Å². The normalized spacial score (nSPS) is 27.8. The van der Waals surface area contributed by atoms with Gasteiger partial charge in [0.25, 0.3) is 0 Å². The summed E-state index contributed by atoms with van der Waals surface area (Å²) in [5, 5.41) is 3.59. The highest BCUT2D eigenvalue weighted by Crippen LogP contribution is 2.49. The van der Waals surface area contributed by atoms with Gasteiger partial charge in [0.2, 0.25) is 0 Å². The van der Waals surface area contributed by atoms with E-state index in [-0.39, 0.29) is 24.3 Å². The third kappa shape index (κ3) is 3.82. The number of hydrogen-bond donors (Lipinski definition) is 1. The number of anilines is 1. The summed E-state index contributed by atoms with van der Waals surface area (Å²) in [5.41, 5.74) is 1.61. The van der Waals surface area contributed by atoms with E-state index in [1.54, 1.807) is 0 Å². The number of halogens is 2. The molecule has 0 bridgehead atoms. The molecule has 0 spiro atoms. The Morgan fingerprint density at radius 2 is 2.00 bits per heavy atom. The van der Waals surface area contributed by atoms with Crippen LogP contribution in [0.3, 0.4) is 0 Å². The lowest BCUT2D eigenvalue weighted by Gasteiger charge is -2.42. The van der Waals surface area contributed by atoms with Gasteiger partial charge in [0.15, 0.2) is 0 Å². The van der Waals surface area contributed by atoms with Crippen LogP contribution in [0, 0.1) is 17.7 Å². The molecule has 0 unspecified atom stereocenters. The highest BCUT2D eigenvalue weighted by molar-refractivity contribution is 5.85. The van der Waals surface area contributed by atoms with Crippen LogP contribution in [0.25, 0.3) is 0 Å². The van der Waals surface area contributed by atoms with Crippen molar-refractivity contribution in [1.29, 1.82) is 0 Å². The standard InChI is InChI=1S/C21H30FNO2.ClH/c1-2-3-10-24-15-12-17-20(18(22)13-15)23-19(14-7-5-4-6-8-14)16-9-11-25-21(16)17;/h12-14,16,19,21,23H,2-11H2,1H3;1H/t16-,19+,21-;/m0./s1. The molecule has 0 aromatic heterocycles. The Labute approximate surface area is 162 Å². The second-order valence-electron chi connectivity index (χ2n) is 7.88. The Morgan fingerprint density at radius 1 is 1.19 bits per heavy atom. The molecule has 3 nitrogen and oxygen atoms in total. The first-order valence-corrected chi connectivity index (χ1v) is 10.1. The van der Waals surface area contributed by atoms with Crippen LogP contribution in [0.2, 0.25) is 0 Å². The number of ether oxygens (including phenoxy) is 2. The number of fused-ring (bicyclic) bond motifs is 3. The molecule has 1 aromatic rings. The average Bonchev–Trinajstić information content (AvgIpc) is 3.12. The second kappa shape index (κ2) is 8.79. The zero-order valence-corrected chi connectivity index (χ0v) is 16.5. The van der Waals surface area contributed by atoms with Gasteiger partial charge < -0.3 is 14.8 Å². The fourth-order valence-corrected chi connectivity index (χ4v) is 4.93. The first-order chi connectivity index (χ1) is 12.3. The summed E-state index contributed by atoms with van der Waals surface area (Å²) in [4.78, 5) is 0. The van der Waals surface area contributed by atoms with Crippen molar-refractivity contribution in [2.45, 2.75) is 70.4 Å². The molecule has 1 N–H and O–H groups in total. The number of unbranched alkanes of at least 4 members (excludes halogenated alkanes) is 1. The van der Waals surface area contributed by atoms with Crippen molar-refractivity contribution in [2.24, 2.45) is 11.8 Å². The third-order valence-corrected chi connectivity index (χ3v) is 6.23. The van der Waals surface area contributed by atoms with Gasteiger partial charge in [-0.05, 0) is 37.7 Å². The average molecular weight is 384 g/mol. The second-order valence-corrected chi connectivity index (χ2v) is 7.88. The topological polar surface area (TPSA) is 30.5 Å². The summed E-state index contributed by atoms with van der Waals surface area (Å²) in [5.74, 6) is 1.55. The molecule has 26 heavy (non-hydrogen) atoms. The molecule has 3 aliphatic rings. The number of hydrogen-bond acceptors (Lipinski definition) is 3. The molecule has 2 aliphatic heterocycles. The molecule has 1 aromatic carbocycles. The summed E-state index contributed by atoms with van der Waals surface area (Å²) >= 11 is 0.